The Kier molecular flexibility index (Phi) is 6.39. The zero-order valence-electron chi connectivity index (χ0n) is 16.3. The van der Waals surface area contributed by atoms with Crippen molar-refractivity contribution in [1.29, 1.82) is 0 Å². The number of nitrogens with one attached hydrogen (secondary N) is 2. The van der Waals surface area contributed by atoms with Gasteiger partial charge >= 0.3 is 0 Å². The van der Waals surface area contributed by atoms with Crippen molar-refractivity contribution in [3.8, 4) is 5.75 Å². The molecule has 3 rings (SSSR count). The summed E-state index contributed by atoms with van der Waals surface area (Å²) in [6.45, 7) is 6.02. The van der Waals surface area contributed by atoms with Gasteiger partial charge in [-0.05, 0) is 85.2 Å². The van der Waals surface area contributed by atoms with Gasteiger partial charge in [0.1, 0.15) is 17.3 Å². The summed E-state index contributed by atoms with van der Waals surface area (Å²) in [5.74, 6) is 1.42. The highest BCUT2D eigenvalue weighted by Crippen LogP contribution is 2.28. The molecule has 0 saturated carbocycles. The van der Waals surface area contributed by atoms with Gasteiger partial charge in [-0.1, -0.05) is 0 Å². The van der Waals surface area contributed by atoms with Crippen LogP contribution in [0.5, 0.6) is 5.75 Å². The van der Waals surface area contributed by atoms with Crippen molar-refractivity contribution in [3.63, 3.8) is 0 Å². The molecule has 3 aromatic rings. The first-order chi connectivity index (χ1) is 13.9. The third-order valence-corrected chi connectivity index (χ3v) is 5.20. The zero-order chi connectivity index (χ0) is 21.0. The Morgan fingerprint density at radius 2 is 1.45 bits per heavy atom. The van der Waals surface area contributed by atoms with Crippen LogP contribution in [0.4, 0.5) is 11.4 Å². The fourth-order valence-electron chi connectivity index (χ4n) is 2.82. The van der Waals surface area contributed by atoms with Gasteiger partial charge in [-0.25, -0.2) is 0 Å². The number of benzene rings is 2. The van der Waals surface area contributed by atoms with Gasteiger partial charge < -0.3 is 19.8 Å². The van der Waals surface area contributed by atoms with E-state index in [9.17, 15) is 9.59 Å². The van der Waals surface area contributed by atoms with Gasteiger partial charge in [-0.2, -0.15) is 0 Å². The van der Waals surface area contributed by atoms with Gasteiger partial charge in [0.25, 0.3) is 11.8 Å². The Labute approximate surface area is 177 Å². The number of carbonyl (C=O) groups excluding carboxylic acids is 2. The van der Waals surface area contributed by atoms with E-state index in [4.69, 9.17) is 9.15 Å². The molecule has 0 aliphatic carbocycles. The van der Waals surface area contributed by atoms with E-state index in [1.807, 2.05) is 6.92 Å². The third kappa shape index (κ3) is 4.86. The van der Waals surface area contributed by atoms with E-state index in [0.717, 1.165) is 5.75 Å². The summed E-state index contributed by atoms with van der Waals surface area (Å²) < 4.78 is 11.5. The third-order valence-electron chi connectivity index (χ3n) is 4.24. The number of rotatable bonds is 6. The Morgan fingerprint density at radius 1 is 0.897 bits per heavy atom. The van der Waals surface area contributed by atoms with E-state index in [2.05, 4.69) is 26.6 Å². The SMILES string of the molecule is CCOc1ccc(NC(=O)c2ccc(NC(=O)c3c(C)oc(C)c3Br)cc2)cc1. The molecule has 1 heterocycles. The Hall–Kier alpha value is -3.06. The van der Waals surface area contributed by atoms with Crippen molar-refractivity contribution >= 4 is 39.1 Å². The van der Waals surface area contributed by atoms with Crippen molar-refractivity contribution in [2.45, 2.75) is 20.8 Å². The molecule has 7 heteroatoms. The first-order valence-corrected chi connectivity index (χ1v) is 9.89. The van der Waals surface area contributed by atoms with E-state index in [1.54, 1.807) is 62.4 Å². The van der Waals surface area contributed by atoms with E-state index in [0.29, 0.717) is 45.1 Å². The minimum absolute atomic E-state index is 0.240. The maximum atomic E-state index is 12.5. The van der Waals surface area contributed by atoms with Crippen molar-refractivity contribution in [2.75, 3.05) is 17.2 Å². The minimum Gasteiger partial charge on any atom is -0.494 e. The molecule has 0 aliphatic rings. The number of amides is 2. The highest BCUT2D eigenvalue weighted by Gasteiger charge is 2.20. The molecule has 0 bridgehead atoms. The number of carbonyl (C=O) groups is 2. The van der Waals surface area contributed by atoms with Crippen LogP contribution in [0.3, 0.4) is 0 Å². The first-order valence-electron chi connectivity index (χ1n) is 9.10. The second kappa shape index (κ2) is 8.96. The molecular weight excluding hydrogens is 436 g/mol. The summed E-state index contributed by atoms with van der Waals surface area (Å²) in [5.41, 5.74) is 2.19. The summed E-state index contributed by atoms with van der Waals surface area (Å²) in [5, 5.41) is 5.64. The Balaban J connectivity index is 1.64. The topological polar surface area (TPSA) is 80.6 Å². The Morgan fingerprint density at radius 3 is 1.97 bits per heavy atom. The molecule has 0 aliphatic heterocycles. The van der Waals surface area contributed by atoms with Crippen LogP contribution < -0.4 is 15.4 Å². The molecule has 0 radical (unpaired) electrons. The largest absolute Gasteiger partial charge is 0.494 e. The number of halogens is 1. The fraction of sp³-hybridized carbons (Fsp3) is 0.182. The second-order valence-electron chi connectivity index (χ2n) is 6.35. The molecule has 2 N–H and O–H groups in total. The van der Waals surface area contributed by atoms with Gasteiger partial charge in [-0.15, -0.1) is 0 Å². The highest BCUT2D eigenvalue weighted by atomic mass is 79.9. The standard InChI is InChI=1S/C22H21BrN2O4/c1-4-28-18-11-9-17(10-12-18)24-21(26)15-5-7-16(8-6-15)25-22(27)19-13(2)29-14(3)20(19)23/h5-12H,4H2,1-3H3,(H,24,26)(H,25,27). The van der Waals surface area contributed by atoms with Crippen LogP contribution in [-0.2, 0) is 0 Å². The van der Waals surface area contributed by atoms with Crippen LogP contribution in [0.2, 0.25) is 0 Å². The predicted molar refractivity (Wildman–Crippen MR) is 116 cm³/mol. The van der Waals surface area contributed by atoms with E-state index in [1.165, 1.54) is 0 Å². The number of hydrogen-bond acceptors (Lipinski definition) is 4. The van der Waals surface area contributed by atoms with Crippen LogP contribution in [0, 0.1) is 13.8 Å². The monoisotopic (exact) mass is 456 g/mol. The molecule has 1 aromatic heterocycles. The summed E-state index contributed by atoms with van der Waals surface area (Å²) in [6, 6.07) is 13.8. The predicted octanol–water partition coefficient (Wildman–Crippen LogP) is 5.56. The van der Waals surface area contributed by atoms with Crippen molar-refractivity contribution in [2.24, 2.45) is 0 Å². The van der Waals surface area contributed by atoms with Crippen molar-refractivity contribution < 1.29 is 18.7 Å². The number of anilines is 2. The molecule has 0 atom stereocenters. The maximum Gasteiger partial charge on any atom is 0.260 e. The fourth-order valence-corrected chi connectivity index (χ4v) is 3.36. The van der Waals surface area contributed by atoms with Crippen LogP contribution in [0.1, 0.15) is 39.2 Å². The molecular formula is C22H21BrN2O4. The van der Waals surface area contributed by atoms with Crippen LogP contribution in [-0.4, -0.2) is 18.4 Å². The van der Waals surface area contributed by atoms with Crippen molar-refractivity contribution in [3.05, 3.63) is 75.7 Å². The molecule has 150 valence electrons. The lowest BCUT2D eigenvalue weighted by Crippen LogP contribution is -2.14. The number of hydrogen-bond donors (Lipinski definition) is 2. The van der Waals surface area contributed by atoms with Gasteiger partial charge in [0.15, 0.2) is 0 Å². The molecule has 0 saturated heterocycles. The molecule has 6 nitrogen and oxygen atoms in total. The van der Waals surface area contributed by atoms with Crippen molar-refractivity contribution in [1.82, 2.24) is 0 Å². The van der Waals surface area contributed by atoms with Gasteiger partial charge in [0.2, 0.25) is 0 Å². The van der Waals surface area contributed by atoms with E-state index in [-0.39, 0.29) is 11.8 Å². The van der Waals surface area contributed by atoms with E-state index < -0.39 is 0 Å². The lowest BCUT2D eigenvalue weighted by molar-refractivity contribution is 0.101. The maximum absolute atomic E-state index is 12.5. The number of ether oxygens (including phenoxy) is 1. The van der Waals surface area contributed by atoms with Gasteiger partial charge in [-0.3, -0.25) is 9.59 Å². The zero-order valence-corrected chi connectivity index (χ0v) is 17.9. The normalized spacial score (nSPS) is 10.5. The summed E-state index contributed by atoms with van der Waals surface area (Å²) in [6.07, 6.45) is 0. The highest BCUT2D eigenvalue weighted by molar-refractivity contribution is 9.10. The molecule has 29 heavy (non-hydrogen) atoms. The second-order valence-corrected chi connectivity index (χ2v) is 7.14. The smallest absolute Gasteiger partial charge is 0.260 e. The lowest BCUT2D eigenvalue weighted by Gasteiger charge is -2.09. The number of furan rings is 1. The van der Waals surface area contributed by atoms with E-state index >= 15 is 0 Å². The first kappa shape index (κ1) is 20.7. The average Bonchev–Trinajstić information content (AvgIpc) is 2.95. The summed E-state index contributed by atoms with van der Waals surface area (Å²) >= 11 is 3.37. The molecule has 2 aromatic carbocycles. The summed E-state index contributed by atoms with van der Waals surface area (Å²) in [4.78, 5) is 24.9. The van der Waals surface area contributed by atoms with Gasteiger partial charge in [0, 0.05) is 16.9 Å². The number of aryl methyl sites for hydroxylation is 2. The van der Waals surface area contributed by atoms with Gasteiger partial charge in [0.05, 0.1) is 16.6 Å². The quantitative estimate of drug-likeness (QED) is 0.508. The molecule has 0 fully saturated rings. The minimum atomic E-state index is -0.280. The average molecular weight is 457 g/mol. The summed E-state index contributed by atoms with van der Waals surface area (Å²) in [7, 11) is 0. The molecule has 2 amide bonds. The van der Waals surface area contributed by atoms with Crippen LogP contribution in [0.25, 0.3) is 0 Å². The van der Waals surface area contributed by atoms with Crippen LogP contribution in [0.15, 0.2) is 57.4 Å². The Bertz CT molecular complexity index is 1020. The molecule has 0 spiro atoms. The lowest BCUT2D eigenvalue weighted by atomic mass is 10.1. The van der Waals surface area contributed by atoms with Crippen LogP contribution >= 0.6 is 15.9 Å². The molecule has 0 unspecified atom stereocenters.